The van der Waals surface area contributed by atoms with Gasteiger partial charge < -0.3 is 0 Å². The molecule has 0 aliphatic rings. The SMILES string of the molecule is Cc1ccc(S(=O)(=O)[C@H](C)C(=O)c2ccccc2)cc1. The molecule has 0 saturated carbocycles. The Labute approximate surface area is 119 Å². The Morgan fingerprint density at radius 2 is 1.50 bits per heavy atom. The molecule has 0 aliphatic carbocycles. The smallest absolute Gasteiger partial charge is 0.188 e. The average molecular weight is 288 g/mol. The van der Waals surface area contributed by atoms with Gasteiger partial charge in [-0.25, -0.2) is 8.42 Å². The highest BCUT2D eigenvalue weighted by Gasteiger charge is 2.30. The Hall–Kier alpha value is -1.94. The molecule has 2 rings (SSSR count). The molecule has 2 aromatic carbocycles. The van der Waals surface area contributed by atoms with Crippen LogP contribution < -0.4 is 0 Å². The van der Waals surface area contributed by atoms with Crippen LogP contribution in [0, 0.1) is 6.92 Å². The van der Waals surface area contributed by atoms with Gasteiger partial charge in [-0.2, -0.15) is 0 Å². The summed E-state index contributed by atoms with van der Waals surface area (Å²) >= 11 is 0. The van der Waals surface area contributed by atoms with E-state index in [2.05, 4.69) is 0 Å². The Morgan fingerprint density at radius 3 is 2.05 bits per heavy atom. The maximum absolute atomic E-state index is 12.4. The predicted molar refractivity (Wildman–Crippen MR) is 78.6 cm³/mol. The summed E-state index contributed by atoms with van der Waals surface area (Å²) in [6, 6.07) is 15.0. The second-order valence-corrected chi connectivity index (χ2v) is 7.00. The van der Waals surface area contributed by atoms with Gasteiger partial charge in [0.05, 0.1) is 4.90 Å². The number of carbonyl (C=O) groups excluding carboxylic acids is 1. The maximum atomic E-state index is 12.4. The van der Waals surface area contributed by atoms with Crippen LogP contribution in [0.1, 0.15) is 22.8 Å². The van der Waals surface area contributed by atoms with Crippen LogP contribution in [0.25, 0.3) is 0 Å². The van der Waals surface area contributed by atoms with Crippen molar-refractivity contribution in [2.24, 2.45) is 0 Å². The molecule has 0 amide bonds. The Kier molecular flexibility index (Phi) is 4.04. The lowest BCUT2D eigenvalue weighted by Crippen LogP contribution is -2.27. The van der Waals surface area contributed by atoms with E-state index in [-0.39, 0.29) is 10.7 Å². The van der Waals surface area contributed by atoms with Crippen molar-refractivity contribution in [1.29, 1.82) is 0 Å². The van der Waals surface area contributed by atoms with Gasteiger partial charge in [0.2, 0.25) is 0 Å². The van der Waals surface area contributed by atoms with Gasteiger partial charge in [0.1, 0.15) is 5.25 Å². The summed E-state index contributed by atoms with van der Waals surface area (Å²) < 4.78 is 24.9. The van der Waals surface area contributed by atoms with E-state index in [0.717, 1.165) is 5.56 Å². The number of rotatable bonds is 4. The summed E-state index contributed by atoms with van der Waals surface area (Å²) in [5, 5.41) is -1.09. The lowest BCUT2D eigenvalue weighted by Gasteiger charge is -2.12. The number of benzene rings is 2. The van der Waals surface area contributed by atoms with Crippen LogP contribution in [-0.2, 0) is 9.84 Å². The van der Waals surface area contributed by atoms with Crippen molar-refractivity contribution in [3.8, 4) is 0 Å². The molecule has 0 spiro atoms. The van der Waals surface area contributed by atoms with E-state index in [1.807, 2.05) is 6.92 Å². The van der Waals surface area contributed by atoms with Gasteiger partial charge in [0, 0.05) is 5.56 Å². The molecule has 0 bridgehead atoms. The van der Waals surface area contributed by atoms with Crippen LogP contribution >= 0.6 is 0 Å². The molecule has 2 aromatic rings. The van der Waals surface area contributed by atoms with E-state index in [1.54, 1.807) is 54.6 Å². The highest BCUT2D eigenvalue weighted by Crippen LogP contribution is 2.19. The van der Waals surface area contributed by atoms with E-state index < -0.39 is 15.1 Å². The molecule has 1 atom stereocenters. The first-order chi connectivity index (χ1) is 9.43. The second kappa shape index (κ2) is 5.59. The molecule has 0 fully saturated rings. The van der Waals surface area contributed by atoms with Crippen LogP contribution in [0.3, 0.4) is 0 Å². The van der Waals surface area contributed by atoms with Gasteiger partial charge >= 0.3 is 0 Å². The highest BCUT2D eigenvalue weighted by atomic mass is 32.2. The molecule has 0 N–H and O–H groups in total. The molecule has 0 aliphatic heterocycles. The lowest BCUT2D eigenvalue weighted by molar-refractivity contribution is 0.0991. The largest absolute Gasteiger partial charge is 0.293 e. The average Bonchev–Trinajstić information content (AvgIpc) is 2.47. The quantitative estimate of drug-likeness (QED) is 0.813. The van der Waals surface area contributed by atoms with Gasteiger partial charge in [-0.05, 0) is 26.0 Å². The van der Waals surface area contributed by atoms with Gasteiger partial charge in [0.15, 0.2) is 15.6 Å². The molecule has 0 unspecified atom stereocenters. The first-order valence-corrected chi connectivity index (χ1v) is 7.87. The fraction of sp³-hybridized carbons (Fsp3) is 0.188. The summed E-state index contributed by atoms with van der Waals surface area (Å²) in [4.78, 5) is 12.4. The van der Waals surface area contributed by atoms with Crippen LogP contribution in [0.4, 0.5) is 0 Å². The van der Waals surface area contributed by atoms with Crippen molar-refractivity contribution in [3.63, 3.8) is 0 Å². The molecule has 20 heavy (non-hydrogen) atoms. The van der Waals surface area contributed by atoms with Crippen LogP contribution in [0.15, 0.2) is 59.5 Å². The first-order valence-electron chi connectivity index (χ1n) is 6.33. The van der Waals surface area contributed by atoms with Gasteiger partial charge in [0.25, 0.3) is 0 Å². The van der Waals surface area contributed by atoms with E-state index in [9.17, 15) is 13.2 Å². The molecule has 0 aromatic heterocycles. The minimum absolute atomic E-state index is 0.180. The van der Waals surface area contributed by atoms with Crippen molar-refractivity contribution in [2.75, 3.05) is 0 Å². The Balaban J connectivity index is 2.35. The van der Waals surface area contributed by atoms with Crippen molar-refractivity contribution in [3.05, 3.63) is 65.7 Å². The zero-order valence-electron chi connectivity index (χ0n) is 11.4. The molecular formula is C16H16O3S. The van der Waals surface area contributed by atoms with Crippen molar-refractivity contribution < 1.29 is 13.2 Å². The standard InChI is InChI=1S/C16H16O3S/c1-12-8-10-15(11-9-12)20(18,19)13(2)16(17)14-6-4-3-5-7-14/h3-11,13H,1-2H3/t13-/m1/s1. The van der Waals surface area contributed by atoms with Crippen molar-refractivity contribution in [2.45, 2.75) is 24.0 Å². The monoisotopic (exact) mass is 288 g/mol. The van der Waals surface area contributed by atoms with E-state index >= 15 is 0 Å². The third kappa shape index (κ3) is 2.80. The zero-order valence-corrected chi connectivity index (χ0v) is 12.2. The van der Waals surface area contributed by atoms with E-state index in [1.165, 1.54) is 6.92 Å². The third-order valence-corrected chi connectivity index (χ3v) is 5.32. The fourth-order valence-electron chi connectivity index (χ4n) is 1.91. The normalized spacial score (nSPS) is 12.9. The molecule has 3 nitrogen and oxygen atoms in total. The van der Waals surface area contributed by atoms with Crippen LogP contribution in [-0.4, -0.2) is 19.5 Å². The summed E-state index contributed by atoms with van der Waals surface area (Å²) in [6.45, 7) is 3.32. The lowest BCUT2D eigenvalue weighted by atomic mass is 10.1. The van der Waals surface area contributed by atoms with Gasteiger partial charge in [-0.3, -0.25) is 4.79 Å². The molecule has 104 valence electrons. The topological polar surface area (TPSA) is 51.2 Å². The molecule has 0 heterocycles. The van der Waals surface area contributed by atoms with Crippen LogP contribution in [0.5, 0.6) is 0 Å². The number of ketones is 1. The molecule has 0 saturated heterocycles. The summed E-state index contributed by atoms with van der Waals surface area (Å²) in [5.41, 5.74) is 1.39. The maximum Gasteiger partial charge on any atom is 0.188 e. The minimum Gasteiger partial charge on any atom is -0.293 e. The second-order valence-electron chi connectivity index (χ2n) is 4.73. The summed E-state index contributed by atoms with van der Waals surface area (Å²) in [7, 11) is -3.65. The zero-order chi connectivity index (χ0) is 14.8. The number of carbonyl (C=O) groups is 1. The number of hydrogen-bond donors (Lipinski definition) is 0. The number of aryl methyl sites for hydroxylation is 1. The molecular weight excluding hydrogens is 272 g/mol. The number of Topliss-reactive ketones (excluding diaryl/α,β-unsaturated/α-hetero) is 1. The van der Waals surface area contributed by atoms with E-state index in [0.29, 0.717) is 5.56 Å². The fourth-order valence-corrected chi connectivity index (χ4v) is 3.25. The number of hydrogen-bond acceptors (Lipinski definition) is 3. The minimum atomic E-state index is -3.65. The van der Waals surface area contributed by atoms with Gasteiger partial charge in [-0.15, -0.1) is 0 Å². The predicted octanol–water partition coefficient (Wildman–Crippen LogP) is 3.04. The van der Waals surface area contributed by atoms with Crippen molar-refractivity contribution >= 4 is 15.6 Å². The molecule has 0 radical (unpaired) electrons. The number of sulfone groups is 1. The van der Waals surface area contributed by atoms with E-state index in [4.69, 9.17) is 0 Å². The highest BCUT2D eigenvalue weighted by molar-refractivity contribution is 7.92. The van der Waals surface area contributed by atoms with Crippen LogP contribution in [0.2, 0.25) is 0 Å². The van der Waals surface area contributed by atoms with Gasteiger partial charge in [-0.1, -0.05) is 48.0 Å². The third-order valence-electron chi connectivity index (χ3n) is 3.24. The Morgan fingerprint density at radius 1 is 0.950 bits per heavy atom. The first kappa shape index (κ1) is 14.5. The summed E-state index contributed by atoms with van der Waals surface area (Å²) in [6.07, 6.45) is 0. The Bertz CT molecular complexity index is 701. The molecule has 4 heteroatoms. The summed E-state index contributed by atoms with van der Waals surface area (Å²) in [5.74, 6) is -0.383. The van der Waals surface area contributed by atoms with Crippen molar-refractivity contribution in [1.82, 2.24) is 0 Å².